The van der Waals surface area contributed by atoms with E-state index in [0.717, 1.165) is 17.3 Å². The summed E-state index contributed by atoms with van der Waals surface area (Å²) in [6.45, 7) is 0.473. The predicted molar refractivity (Wildman–Crippen MR) is 105 cm³/mol. The highest BCUT2D eigenvalue weighted by Gasteiger charge is 2.24. The first-order valence-electron chi connectivity index (χ1n) is 8.06. The van der Waals surface area contributed by atoms with Gasteiger partial charge in [-0.1, -0.05) is 23.7 Å². The summed E-state index contributed by atoms with van der Waals surface area (Å²) in [4.78, 5) is 33.9. The molecule has 0 saturated carbocycles. The molecule has 0 bridgehead atoms. The molecule has 0 aromatic heterocycles. The number of carboxylic acid groups (broad SMARTS) is 1. The average molecular weight is 420 g/mol. The van der Waals surface area contributed by atoms with Crippen LogP contribution in [0.25, 0.3) is 6.08 Å². The molecule has 2 aromatic carbocycles. The molecule has 28 heavy (non-hydrogen) atoms. The van der Waals surface area contributed by atoms with Gasteiger partial charge in [0.2, 0.25) is 0 Å². The maximum atomic E-state index is 11.5. The third kappa shape index (κ3) is 5.05. The summed E-state index contributed by atoms with van der Waals surface area (Å²) in [5.74, 6) is -0.478. The minimum absolute atomic E-state index is 0.0847. The number of thioether (sulfide) groups is 1. The second kappa shape index (κ2) is 8.81. The van der Waals surface area contributed by atoms with Crippen LogP contribution in [-0.2, 0) is 4.79 Å². The van der Waals surface area contributed by atoms with Crippen molar-refractivity contribution in [2.24, 2.45) is 0 Å². The van der Waals surface area contributed by atoms with Gasteiger partial charge in [-0.15, -0.1) is 0 Å². The Labute approximate surface area is 169 Å². The summed E-state index contributed by atoms with van der Waals surface area (Å²) in [6.07, 6.45) is 1.63. The number of carbonyl (C=O) groups excluding carboxylic acids is 2. The molecule has 0 spiro atoms. The Kier molecular flexibility index (Phi) is 6.23. The zero-order valence-electron chi connectivity index (χ0n) is 14.3. The van der Waals surface area contributed by atoms with Crippen molar-refractivity contribution >= 4 is 46.6 Å². The largest absolute Gasteiger partial charge is 0.490 e. The van der Waals surface area contributed by atoms with Crippen LogP contribution in [-0.4, -0.2) is 35.4 Å². The van der Waals surface area contributed by atoms with Gasteiger partial charge in [-0.05, 0) is 53.7 Å². The molecule has 0 atom stereocenters. The Morgan fingerprint density at radius 1 is 1.11 bits per heavy atom. The molecule has 2 aromatic rings. The number of halogens is 1. The van der Waals surface area contributed by atoms with E-state index < -0.39 is 11.9 Å². The van der Waals surface area contributed by atoms with Gasteiger partial charge < -0.3 is 14.6 Å². The lowest BCUT2D eigenvalue weighted by atomic mass is 10.2. The van der Waals surface area contributed by atoms with Crippen LogP contribution < -0.4 is 14.8 Å². The smallest absolute Gasteiger partial charge is 0.335 e. The van der Waals surface area contributed by atoms with Gasteiger partial charge in [0, 0.05) is 0 Å². The minimum atomic E-state index is -1.06. The Morgan fingerprint density at radius 3 is 2.43 bits per heavy atom. The van der Waals surface area contributed by atoms with E-state index in [1.54, 1.807) is 30.3 Å². The number of nitrogens with one attached hydrogen (secondary N) is 1. The van der Waals surface area contributed by atoms with Gasteiger partial charge in [-0.3, -0.25) is 14.9 Å². The first kappa shape index (κ1) is 19.8. The highest BCUT2D eigenvalue weighted by molar-refractivity contribution is 8.18. The first-order valence-corrected chi connectivity index (χ1v) is 9.25. The van der Waals surface area contributed by atoms with E-state index >= 15 is 0 Å². The van der Waals surface area contributed by atoms with Gasteiger partial charge in [0.1, 0.15) is 24.7 Å². The lowest BCUT2D eigenvalue weighted by Crippen LogP contribution is -2.17. The number of rotatable bonds is 7. The van der Waals surface area contributed by atoms with Gasteiger partial charge >= 0.3 is 5.97 Å². The number of carbonyl (C=O) groups is 3. The Balaban J connectivity index is 1.49. The molecule has 9 heteroatoms. The number of amides is 2. The van der Waals surface area contributed by atoms with Crippen LogP contribution >= 0.6 is 23.4 Å². The second-order valence-corrected chi connectivity index (χ2v) is 6.99. The number of hydrogen-bond donors (Lipinski definition) is 2. The van der Waals surface area contributed by atoms with Crippen molar-refractivity contribution in [1.82, 2.24) is 5.32 Å². The van der Waals surface area contributed by atoms with Gasteiger partial charge in [0.25, 0.3) is 11.1 Å². The lowest BCUT2D eigenvalue weighted by Gasteiger charge is -2.10. The summed E-state index contributed by atoms with van der Waals surface area (Å²) in [6, 6.07) is 11.2. The first-order chi connectivity index (χ1) is 13.4. The SMILES string of the molecule is O=C1NC(=O)/C(=C/c2ccc(OCCOc3ccc(C(=O)O)cc3Cl)cc2)S1. The van der Waals surface area contributed by atoms with Crippen LogP contribution in [0.5, 0.6) is 11.5 Å². The van der Waals surface area contributed by atoms with Crippen LogP contribution in [0.4, 0.5) is 4.79 Å². The number of benzene rings is 2. The minimum Gasteiger partial charge on any atom is -0.490 e. The van der Waals surface area contributed by atoms with Crippen LogP contribution in [0, 0.1) is 0 Å². The Morgan fingerprint density at radius 2 is 1.82 bits per heavy atom. The van der Waals surface area contributed by atoms with Crippen molar-refractivity contribution in [2.45, 2.75) is 0 Å². The van der Waals surface area contributed by atoms with E-state index in [0.29, 0.717) is 16.4 Å². The molecule has 144 valence electrons. The monoisotopic (exact) mass is 419 g/mol. The normalized spacial score (nSPS) is 14.8. The summed E-state index contributed by atoms with van der Waals surface area (Å²) >= 11 is 6.85. The standard InChI is InChI=1S/C19H14ClNO6S/c20-14-10-12(18(23)24)3-6-15(14)27-8-7-26-13-4-1-11(2-5-13)9-16-17(22)21-19(25)28-16/h1-6,9-10H,7-8H2,(H,23,24)(H,21,22,25)/b16-9-. The van der Waals surface area contributed by atoms with Crippen molar-refractivity contribution in [3.05, 3.63) is 63.5 Å². The zero-order chi connectivity index (χ0) is 20.1. The third-order valence-electron chi connectivity index (χ3n) is 3.61. The quantitative estimate of drug-likeness (QED) is 0.519. The maximum absolute atomic E-state index is 11.5. The van der Waals surface area contributed by atoms with Crippen molar-refractivity contribution in [2.75, 3.05) is 13.2 Å². The molecule has 3 rings (SSSR count). The summed E-state index contributed by atoms with van der Waals surface area (Å²) in [5.41, 5.74) is 0.850. The van der Waals surface area contributed by atoms with Gasteiger partial charge in [0.05, 0.1) is 15.5 Å². The van der Waals surface area contributed by atoms with E-state index in [-0.39, 0.29) is 29.0 Å². The van der Waals surface area contributed by atoms with Crippen molar-refractivity contribution < 1.29 is 29.0 Å². The predicted octanol–water partition coefficient (Wildman–Crippen LogP) is 3.82. The molecule has 1 aliphatic heterocycles. The summed E-state index contributed by atoms with van der Waals surface area (Å²) in [5, 5.41) is 10.9. The number of aromatic carboxylic acids is 1. The molecular formula is C19H14ClNO6S. The molecule has 1 aliphatic rings. The van der Waals surface area contributed by atoms with Crippen LogP contribution in [0.2, 0.25) is 5.02 Å². The summed E-state index contributed by atoms with van der Waals surface area (Å²) in [7, 11) is 0. The molecule has 7 nitrogen and oxygen atoms in total. The van der Waals surface area contributed by atoms with E-state index in [9.17, 15) is 14.4 Å². The fraction of sp³-hybridized carbons (Fsp3) is 0.105. The van der Waals surface area contributed by atoms with Crippen LogP contribution in [0.15, 0.2) is 47.4 Å². The molecule has 0 unspecified atom stereocenters. The molecule has 0 aliphatic carbocycles. The molecule has 0 radical (unpaired) electrons. The highest BCUT2D eigenvalue weighted by atomic mass is 35.5. The van der Waals surface area contributed by atoms with Crippen LogP contribution in [0.1, 0.15) is 15.9 Å². The molecule has 1 heterocycles. The van der Waals surface area contributed by atoms with Gasteiger partial charge in [-0.25, -0.2) is 4.79 Å². The van der Waals surface area contributed by atoms with E-state index in [1.807, 2.05) is 0 Å². The number of imide groups is 1. The fourth-order valence-electron chi connectivity index (χ4n) is 2.29. The molecule has 2 N–H and O–H groups in total. The highest BCUT2D eigenvalue weighted by Crippen LogP contribution is 2.27. The molecular weight excluding hydrogens is 406 g/mol. The Hall–Kier alpha value is -2.97. The van der Waals surface area contributed by atoms with Crippen LogP contribution in [0.3, 0.4) is 0 Å². The van der Waals surface area contributed by atoms with Crippen molar-refractivity contribution in [3.8, 4) is 11.5 Å². The van der Waals surface area contributed by atoms with E-state index in [2.05, 4.69) is 5.32 Å². The van der Waals surface area contributed by atoms with E-state index in [4.69, 9.17) is 26.2 Å². The second-order valence-electron chi connectivity index (χ2n) is 5.57. The third-order valence-corrected chi connectivity index (χ3v) is 4.71. The Bertz CT molecular complexity index is 957. The zero-order valence-corrected chi connectivity index (χ0v) is 15.9. The molecule has 1 fully saturated rings. The average Bonchev–Trinajstić information content (AvgIpc) is 2.98. The molecule has 2 amide bonds. The fourth-order valence-corrected chi connectivity index (χ4v) is 3.21. The summed E-state index contributed by atoms with van der Waals surface area (Å²) < 4.78 is 11.1. The van der Waals surface area contributed by atoms with Crippen molar-refractivity contribution in [3.63, 3.8) is 0 Å². The van der Waals surface area contributed by atoms with Gasteiger partial charge in [0.15, 0.2) is 0 Å². The number of ether oxygens (including phenoxy) is 2. The van der Waals surface area contributed by atoms with E-state index in [1.165, 1.54) is 18.2 Å². The van der Waals surface area contributed by atoms with Gasteiger partial charge in [-0.2, -0.15) is 0 Å². The molecule has 1 saturated heterocycles. The lowest BCUT2D eigenvalue weighted by molar-refractivity contribution is -0.115. The van der Waals surface area contributed by atoms with Crippen molar-refractivity contribution in [1.29, 1.82) is 0 Å². The number of hydrogen-bond acceptors (Lipinski definition) is 6. The topological polar surface area (TPSA) is 102 Å². The maximum Gasteiger partial charge on any atom is 0.335 e. The number of carboxylic acids is 1.